The van der Waals surface area contributed by atoms with Gasteiger partial charge in [0.05, 0.1) is 6.61 Å². The first-order chi connectivity index (χ1) is 10.7. The summed E-state index contributed by atoms with van der Waals surface area (Å²) in [6.45, 7) is 2.56. The van der Waals surface area contributed by atoms with Gasteiger partial charge < -0.3 is 14.2 Å². The number of methoxy groups -OCH3 is 1. The largest absolute Gasteiger partial charge is 0.468 e. The van der Waals surface area contributed by atoms with Crippen molar-refractivity contribution in [2.45, 2.75) is 32.6 Å². The molecule has 1 aliphatic carbocycles. The molecule has 0 saturated heterocycles. The van der Waals surface area contributed by atoms with Gasteiger partial charge in [0.15, 0.2) is 6.79 Å². The first kappa shape index (κ1) is 16.6. The molecule has 1 aromatic carbocycles. The summed E-state index contributed by atoms with van der Waals surface area (Å²) in [5.41, 5.74) is 2.51. The lowest BCUT2D eigenvalue weighted by atomic mass is 9.85. The molecule has 0 aliphatic heterocycles. The molecule has 0 radical (unpaired) electrons. The van der Waals surface area contributed by atoms with E-state index in [2.05, 4.69) is 12.1 Å². The lowest BCUT2D eigenvalue weighted by molar-refractivity contribution is -0.144. The van der Waals surface area contributed by atoms with Crippen LogP contribution in [0.4, 0.5) is 0 Å². The third kappa shape index (κ3) is 4.88. The molecule has 1 aliphatic rings. The van der Waals surface area contributed by atoms with Gasteiger partial charge >= 0.3 is 5.97 Å². The number of ether oxygens (including phenoxy) is 3. The van der Waals surface area contributed by atoms with Crippen LogP contribution in [0.15, 0.2) is 30.3 Å². The zero-order chi connectivity index (χ0) is 15.8. The fraction of sp³-hybridized carbons (Fsp3) is 0.500. The molecule has 0 amide bonds. The van der Waals surface area contributed by atoms with E-state index in [9.17, 15) is 4.79 Å². The number of carbonyl (C=O) groups excluding carboxylic acids is 1. The van der Waals surface area contributed by atoms with Gasteiger partial charge in [-0.3, -0.25) is 4.79 Å². The van der Waals surface area contributed by atoms with Gasteiger partial charge in [0.2, 0.25) is 0 Å². The number of benzene rings is 1. The zero-order valence-electron chi connectivity index (χ0n) is 13.3. The van der Waals surface area contributed by atoms with Crippen LogP contribution in [-0.4, -0.2) is 26.5 Å². The normalized spacial score (nSPS) is 17.7. The smallest absolute Gasteiger partial charge is 0.306 e. The van der Waals surface area contributed by atoms with Crippen molar-refractivity contribution in [3.05, 3.63) is 35.9 Å². The monoisotopic (exact) mass is 304 g/mol. The number of rotatable bonds is 7. The molecular formula is C18H24O4. The van der Waals surface area contributed by atoms with Crippen molar-refractivity contribution in [2.75, 3.05) is 20.5 Å². The molecule has 1 unspecified atom stereocenters. The van der Waals surface area contributed by atoms with Crippen LogP contribution in [-0.2, 0) is 14.3 Å². The molecule has 1 atom stereocenters. The molecule has 2 rings (SSSR count). The summed E-state index contributed by atoms with van der Waals surface area (Å²) in [4.78, 5) is 11.5. The van der Waals surface area contributed by atoms with Crippen LogP contribution in [0.25, 0.3) is 5.57 Å². The van der Waals surface area contributed by atoms with Gasteiger partial charge in [0.1, 0.15) is 5.75 Å². The zero-order valence-corrected chi connectivity index (χ0v) is 13.3. The van der Waals surface area contributed by atoms with Crippen molar-refractivity contribution >= 4 is 11.5 Å². The lowest BCUT2D eigenvalue weighted by Gasteiger charge is -2.21. The molecule has 4 nitrogen and oxygen atoms in total. The molecule has 1 aromatic rings. The SMILES string of the molecule is CCOC(=O)CC1CC=C(c2cccc(OCOC)c2)CC1. The first-order valence-electron chi connectivity index (χ1n) is 7.79. The Morgan fingerprint density at radius 3 is 2.91 bits per heavy atom. The highest BCUT2D eigenvalue weighted by atomic mass is 16.7. The van der Waals surface area contributed by atoms with Gasteiger partial charge in [-0.05, 0) is 55.4 Å². The fourth-order valence-corrected chi connectivity index (χ4v) is 2.70. The van der Waals surface area contributed by atoms with Crippen molar-refractivity contribution in [3.63, 3.8) is 0 Å². The summed E-state index contributed by atoms with van der Waals surface area (Å²) >= 11 is 0. The molecule has 0 heterocycles. The predicted octanol–water partition coefficient (Wildman–Crippen LogP) is 3.81. The maximum Gasteiger partial charge on any atom is 0.306 e. The summed E-state index contributed by atoms with van der Waals surface area (Å²) in [5.74, 6) is 1.13. The number of carbonyl (C=O) groups is 1. The summed E-state index contributed by atoms with van der Waals surface area (Å²) in [5, 5.41) is 0. The standard InChI is InChI=1S/C18H24O4/c1-3-21-18(19)11-14-7-9-15(10-8-14)16-5-4-6-17(12-16)22-13-20-2/h4-6,9,12,14H,3,7-8,10-11,13H2,1-2H3. The highest BCUT2D eigenvalue weighted by molar-refractivity contribution is 5.71. The van der Waals surface area contributed by atoms with Gasteiger partial charge in [0, 0.05) is 13.5 Å². The number of hydrogen-bond donors (Lipinski definition) is 0. The summed E-state index contributed by atoms with van der Waals surface area (Å²) < 4.78 is 15.4. The predicted molar refractivity (Wildman–Crippen MR) is 85.5 cm³/mol. The molecular weight excluding hydrogens is 280 g/mol. The number of hydrogen-bond acceptors (Lipinski definition) is 4. The number of allylic oxidation sites excluding steroid dienone is 2. The topological polar surface area (TPSA) is 44.8 Å². The average molecular weight is 304 g/mol. The fourth-order valence-electron chi connectivity index (χ4n) is 2.70. The van der Waals surface area contributed by atoms with Gasteiger partial charge in [0.25, 0.3) is 0 Å². The maximum atomic E-state index is 11.5. The Labute approximate surface area is 132 Å². The second-order valence-electron chi connectivity index (χ2n) is 5.46. The minimum Gasteiger partial charge on any atom is -0.468 e. The van der Waals surface area contributed by atoms with E-state index < -0.39 is 0 Å². The molecule has 0 aromatic heterocycles. The lowest BCUT2D eigenvalue weighted by Crippen LogP contribution is -2.13. The summed E-state index contributed by atoms with van der Waals surface area (Å²) in [7, 11) is 1.61. The van der Waals surface area contributed by atoms with Crippen LogP contribution in [0.5, 0.6) is 5.75 Å². The first-order valence-corrected chi connectivity index (χ1v) is 7.79. The highest BCUT2D eigenvalue weighted by Crippen LogP contribution is 2.33. The van der Waals surface area contributed by atoms with Crippen molar-refractivity contribution < 1.29 is 19.0 Å². The molecule has 22 heavy (non-hydrogen) atoms. The minimum absolute atomic E-state index is 0.0840. The van der Waals surface area contributed by atoms with Crippen molar-refractivity contribution in [1.29, 1.82) is 0 Å². The van der Waals surface area contributed by atoms with Gasteiger partial charge in [-0.2, -0.15) is 0 Å². The number of esters is 1. The van der Waals surface area contributed by atoms with Crippen LogP contribution in [0.2, 0.25) is 0 Å². The third-order valence-corrected chi connectivity index (χ3v) is 3.83. The van der Waals surface area contributed by atoms with Gasteiger partial charge in [-0.1, -0.05) is 18.2 Å². The second-order valence-corrected chi connectivity index (χ2v) is 5.46. The van der Waals surface area contributed by atoms with E-state index in [1.165, 1.54) is 11.1 Å². The van der Waals surface area contributed by atoms with E-state index in [0.717, 1.165) is 25.0 Å². The van der Waals surface area contributed by atoms with Crippen LogP contribution >= 0.6 is 0 Å². The Balaban J connectivity index is 1.94. The van der Waals surface area contributed by atoms with Gasteiger partial charge in [-0.15, -0.1) is 0 Å². The molecule has 0 fully saturated rings. The van der Waals surface area contributed by atoms with E-state index in [0.29, 0.717) is 18.9 Å². The minimum atomic E-state index is -0.0840. The Kier molecular flexibility index (Phi) is 6.46. The van der Waals surface area contributed by atoms with Crippen molar-refractivity contribution in [3.8, 4) is 5.75 Å². The Morgan fingerprint density at radius 2 is 2.23 bits per heavy atom. The van der Waals surface area contributed by atoms with Crippen molar-refractivity contribution in [2.24, 2.45) is 5.92 Å². The van der Waals surface area contributed by atoms with Crippen molar-refractivity contribution in [1.82, 2.24) is 0 Å². The summed E-state index contributed by atoms with van der Waals surface area (Å²) in [6.07, 6.45) is 5.69. The van der Waals surface area contributed by atoms with Crippen LogP contribution in [0, 0.1) is 5.92 Å². The van der Waals surface area contributed by atoms with Crippen LogP contribution in [0.1, 0.15) is 38.2 Å². The van der Waals surface area contributed by atoms with E-state index in [1.54, 1.807) is 7.11 Å². The quantitative estimate of drug-likeness (QED) is 0.567. The Hall–Kier alpha value is -1.81. The van der Waals surface area contributed by atoms with Crippen LogP contribution in [0.3, 0.4) is 0 Å². The van der Waals surface area contributed by atoms with E-state index in [1.807, 2.05) is 25.1 Å². The average Bonchev–Trinajstić information content (AvgIpc) is 2.54. The maximum absolute atomic E-state index is 11.5. The molecule has 120 valence electrons. The highest BCUT2D eigenvalue weighted by Gasteiger charge is 2.19. The Morgan fingerprint density at radius 1 is 1.36 bits per heavy atom. The molecule has 0 bridgehead atoms. The molecule has 0 spiro atoms. The Bertz CT molecular complexity index is 522. The molecule has 0 N–H and O–H groups in total. The molecule has 4 heteroatoms. The molecule has 0 saturated carbocycles. The third-order valence-electron chi connectivity index (χ3n) is 3.83. The van der Waals surface area contributed by atoms with E-state index in [-0.39, 0.29) is 12.8 Å². The van der Waals surface area contributed by atoms with Crippen LogP contribution < -0.4 is 4.74 Å². The van der Waals surface area contributed by atoms with E-state index >= 15 is 0 Å². The van der Waals surface area contributed by atoms with Gasteiger partial charge in [-0.25, -0.2) is 0 Å². The van der Waals surface area contributed by atoms with E-state index in [4.69, 9.17) is 14.2 Å². The summed E-state index contributed by atoms with van der Waals surface area (Å²) in [6, 6.07) is 8.05. The second kappa shape index (κ2) is 8.59.